The van der Waals surface area contributed by atoms with Gasteiger partial charge in [0, 0.05) is 16.9 Å². The van der Waals surface area contributed by atoms with Crippen molar-refractivity contribution in [3.05, 3.63) is 52.3 Å². The smallest absolute Gasteiger partial charge is 0.127 e. The van der Waals surface area contributed by atoms with Crippen molar-refractivity contribution in [1.82, 2.24) is 9.55 Å². The molecule has 1 unspecified atom stereocenters. The number of aliphatic hydroxyl groups is 1. The second-order valence-electron chi connectivity index (χ2n) is 4.91. The van der Waals surface area contributed by atoms with Crippen LogP contribution >= 0.6 is 15.9 Å². The van der Waals surface area contributed by atoms with Crippen LogP contribution in [0.1, 0.15) is 36.2 Å². The van der Waals surface area contributed by atoms with Crippen LogP contribution in [0.2, 0.25) is 0 Å². The van der Waals surface area contributed by atoms with E-state index in [9.17, 15) is 9.50 Å². The minimum Gasteiger partial charge on any atom is -0.386 e. The molecule has 1 fully saturated rings. The molecule has 0 radical (unpaired) electrons. The van der Waals surface area contributed by atoms with Gasteiger partial charge in [-0.2, -0.15) is 0 Å². The van der Waals surface area contributed by atoms with Crippen LogP contribution < -0.4 is 0 Å². The first kappa shape index (κ1) is 12.8. The van der Waals surface area contributed by atoms with Gasteiger partial charge in [0.1, 0.15) is 5.82 Å². The summed E-state index contributed by atoms with van der Waals surface area (Å²) in [5.41, 5.74) is 1.28. The number of benzene rings is 1. The fourth-order valence-electron chi connectivity index (χ4n) is 2.23. The lowest BCUT2D eigenvalue weighted by molar-refractivity contribution is 0.167. The van der Waals surface area contributed by atoms with Gasteiger partial charge in [-0.25, -0.2) is 9.37 Å². The van der Waals surface area contributed by atoms with Crippen LogP contribution in [0.4, 0.5) is 4.39 Å². The fourth-order valence-corrected chi connectivity index (χ4v) is 2.56. The molecule has 5 heteroatoms. The van der Waals surface area contributed by atoms with E-state index in [1.54, 1.807) is 24.7 Å². The van der Waals surface area contributed by atoms with Crippen molar-refractivity contribution < 1.29 is 9.50 Å². The van der Waals surface area contributed by atoms with Crippen molar-refractivity contribution in [1.29, 1.82) is 0 Å². The average Bonchev–Trinajstić information content (AvgIpc) is 3.10. The maximum Gasteiger partial charge on any atom is 0.127 e. The monoisotopic (exact) mass is 324 g/mol. The summed E-state index contributed by atoms with van der Waals surface area (Å²) >= 11 is 3.22. The molecule has 0 bridgehead atoms. The SMILES string of the molecule is OC(Cc1ccc(Br)cc1F)c1cncn1C1CC1. The third-order valence-corrected chi connectivity index (χ3v) is 3.90. The summed E-state index contributed by atoms with van der Waals surface area (Å²) in [7, 11) is 0. The quantitative estimate of drug-likeness (QED) is 0.936. The second-order valence-corrected chi connectivity index (χ2v) is 5.83. The van der Waals surface area contributed by atoms with E-state index in [-0.39, 0.29) is 12.2 Å². The van der Waals surface area contributed by atoms with E-state index >= 15 is 0 Å². The predicted molar refractivity (Wildman–Crippen MR) is 73.3 cm³/mol. The van der Waals surface area contributed by atoms with Gasteiger partial charge < -0.3 is 9.67 Å². The molecule has 3 rings (SSSR count). The molecule has 0 saturated heterocycles. The molecule has 0 aliphatic heterocycles. The third kappa shape index (κ3) is 2.72. The maximum atomic E-state index is 13.8. The number of nitrogens with zero attached hydrogens (tertiary/aromatic N) is 2. The highest BCUT2D eigenvalue weighted by atomic mass is 79.9. The van der Waals surface area contributed by atoms with E-state index in [0.29, 0.717) is 16.1 Å². The van der Waals surface area contributed by atoms with E-state index in [1.807, 2.05) is 4.57 Å². The van der Waals surface area contributed by atoms with E-state index in [1.165, 1.54) is 6.07 Å². The van der Waals surface area contributed by atoms with Gasteiger partial charge in [0.2, 0.25) is 0 Å². The molecule has 1 aromatic heterocycles. The summed E-state index contributed by atoms with van der Waals surface area (Å²) in [6.45, 7) is 0. The average molecular weight is 325 g/mol. The van der Waals surface area contributed by atoms with E-state index in [2.05, 4.69) is 20.9 Å². The Kier molecular flexibility index (Phi) is 3.41. The number of hydrogen-bond donors (Lipinski definition) is 1. The second kappa shape index (κ2) is 5.06. The molecule has 0 amide bonds. The van der Waals surface area contributed by atoms with Crippen molar-refractivity contribution in [3.8, 4) is 0 Å². The molecule has 1 saturated carbocycles. The van der Waals surface area contributed by atoms with Crippen LogP contribution in [0.3, 0.4) is 0 Å². The van der Waals surface area contributed by atoms with Gasteiger partial charge in [0.15, 0.2) is 0 Å². The van der Waals surface area contributed by atoms with E-state index < -0.39 is 6.10 Å². The molecule has 1 aliphatic rings. The number of halogens is 2. The fraction of sp³-hybridized carbons (Fsp3) is 0.357. The molecule has 2 aromatic rings. The standard InChI is InChI=1S/C14H14BrFN2O/c15-10-2-1-9(12(16)6-10)5-14(19)13-7-17-8-18(13)11-3-4-11/h1-2,6-8,11,14,19H,3-5H2. The van der Waals surface area contributed by atoms with Crippen molar-refractivity contribution in [2.45, 2.75) is 31.4 Å². The van der Waals surface area contributed by atoms with Gasteiger partial charge in [-0.3, -0.25) is 0 Å². The molecule has 100 valence electrons. The Morgan fingerprint density at radius 1 is 1.47 bits per heavy atom. The van der Waals surface area contributed by atoms with Crippen LogP contribution in [0.15, 0.2) is 35.2 Å². The minimum atomic E-state index is -0.723. The predicted octanol–water partition coefficient (Wildman–Crippen LogP) is 3.40. The first-order valence-electron chi connectivity index (χ1n) is 6.29. The topological polar surface area (TPSA) is 38.1 Å². The Morgan fingerprint density at radius 2 is 2.26 bits per heavy atom. The maximum absolute atomic E-state index is 13.8. The summed E-state index contributed by atoms with van der Waals surface area (Å²) in [5.74, 6) is -0.300. The number of imidazole rings is 1. The van der Waals surface area contributed by atoms with Gasteiger partial charge >= 0.3 is 0 Å². The van der Waals surface area contributed by atoms with Crippen LogP contribution in [0.25, 0.3) is 0 Å². The summed E-state index contributed by atoms with van der Waals surface area (Å²) in [6, 6.07) is 5.35. The Balaban J connectivity index is 1.80. The van der Waals surface area contributed by atoms with Gasteiger partial charge in [0.05, 0.1) is 24.3 Å². The molecule has 1 heterocycles. The van der Waals surface area contributed by atoms with Crippen LogP contribution in [0.5, 0.6) is 0 Å². The highest BCUT2D eigenvalue weighted by molar-refractivity contribution is 9.10. The molecule has 0 spiro atoms. The zero-order valence-electron chi connectivity index (χ0n) is 10.3. The summed E-state index contributed by atoms with van der Waals surface area (Å²) < 4.78 is 16.5. The van der Waals surface area contributed by atoms with E-state index in [0.717, 1.165) is 18.5 Å². The summed E-state index contributed by atoms with van der Waals surface area (Å²) in [6.07, 6.45) is 5.20. The normalized spacial score (nSPS) is 16.6. The Hall–Kier alpha value is -1.20. The zero-order chi connectivity index (χ0) is 13.4. The van der Waals surface area contributed by atoms with Crippen molar-refractivity contribution >= 4 is 15.9 Å². The first-order valence-corrected chi connectivity index (χ1v) is 7.08. The Bertz CT molecular complexity index is 595. The lowest BCUT2D eigenvalue weighted by Gasteiger charge is -2.14. The summed E-state index contributed by atoms with van der Waals surface area (Å²) in [4.78, 5) is 4.08. The van der Waals surface area contributed by atoms with Gasteiger partial charge in [-0.15, -0.1) is 0 Å². The van der Waals surface area contributed by atoms with Crippen LogP contribution in [-0.4, -0.2) is 14.7 Å². The molecule has 1 aliphatic carbocycles. The van der Waals surface area contributed by atoms with Crippen molar-refractivity contribution in [3.63, 3.8) is 0 Å². The van der Waals surface area contributed by atoms with Gasteiger partial charge in [-0.1, -0.05) is 22.0 Å². The molecular weight excluding hydrogens is 311 g/mol. The molecule has 1 N–H and O–H groups in total. The molecule has 1 atom stereocenters. The highest BCUT2D eigenvalue weighted by Gasteiger charge is 2.27. The number of aromatic nitrogens is 2. The molecular formula is C14H14BrFN2O. The minimum absolute atomic E-state index is 0.261. The molecule has 19 heavy (non-hydrogen) atoms. The number of rotatable bonds is 4. The number of aliphatic hydroxyl groups excluding tert-OH is 1. The molecule has 1 aromatic carbocycles. The van der Waals surface area contributed by atoms with Crippen LogP contribution in [0, 0.1) is 5.82 Å². The molecule has 3 nitrogen and oxygen atoms in total. The first-order chi connectivity index (χ1) is 9.15. The zero-order valence-corrected chi connectivity index (χ0v) is 11.8. The Labute approximate surface area is 119 Å². The van der Waals surface area contributed by atoms with Gasteiger partial charge in [-0.05, 0) is 30.5 Å². The highest BCUT2D eigenvalue weighted by Crippen LogP contribution is 2.37. The van der Waals surface area contributed by atoms with Crippen LogP contribution in [-0.2, 0) is 6.42 Å². The Morgan fingerprint density at radius 3 is 2.95 bits per heavy atom. The van der Waals surface area contributed by atoms with Gasteiger partial charge in [0.25, 0.3) is 0 Å². The summed E-state index contributed by atoms with van der Waals surface area (Å²) in [5, 5.41) is 10.3. The lowest BCUT2D eigenvalue weighted by Crippen LogP contribution is -2.09. The number of hydrogen-bond acceptors (Lipinski definition) is 2. The van der Waals surface area contributed by atoms with E-state index in [4.69, 9.17) is 0 Å². The van der Waals surface area contributed by atoms with Crippen molar-refractivity contribution in [2.75, 3.05) is 0 Å². The lowest BCUT2D eigenvalue weighted by atomic mass is 10.1. The van der Waals surface area contributed by atoms with Crippen molar-refractivity contribution in [2.24, 2.45) is 0 Å². The largest absolute Gasteiger partial charge is 0.386 e. The third-order valence-electron chi connectivity index (χ3n) is 3.41.